The Bertz CT molecular complexity index is 430. The molecule has 0 heterocycles. The van der Waals surface area contributed by atoms with Gasteiger partial charge in [-0.25, -0.2) is 4.39 Å². The van der Waals surface area contributed by atoms with Crippen LogP contribution in [0.3, 0.4) is 0 Å². The molecule has 1 rings (SSSR count). The Morgan fingerprint density at radius 3 is 2.62 bits per heavy atom. The van der Waals surface area contributed by atoms with Crippen LogP contribution in [0.4, 0.5) is 4.39 Å². The number of benzene rings is 1. The van der Waals surface area contributed by atoms with Crippen molar-refractivity contribution in [2.24, 2.45) is 0 Å². The molecule has 0 aliphatic carbocycles. The van der Waals surface area contributed by atoms with Gasteiger partial charge in [-0.2, -0.15) is 0 Å². The molecule has 0 aromatic heterocycles. The molecule has 1 atom stereocenters. The predicted molar refractivity (Wildman–Crippen MR) is 64.2 cm³/mol. The maximum Gasteiger partial charge on any atom is 0.303 e. The Labute approximate surface area is 103 Å². The fourth-order valence-corrected chi connectivity index (χ4v) is 2.16. The Balaban J connectivity index is 3.19. The Morgan fingerprint density at radius 2 is 2.12 bits per heavy atom. The number of carboxylic acid groups (broad SMARTS) is 1. The summed E-state index contributed by atoms with van der Waals surface area (Å²) < 4.78 is 14.2. The van der Waals surface area contributed by atoms with Gasteiger partial charge in [0.1, 0.15) is 5.82 Å². The zero-order valence-electron chi connectivity index (χ0n) is 9.47. The molecule has 2 nitrogen and oxygen atoms in total. The SMILES string of the molecule is Cc1cc(C(C)CC(=O)O)c(C)c(F)c1Br. The van der Waals surface area contributed by atoms with E-state index in [2.05, 4.69) is 15.9 Å². The lowest BCUT2D eigenvalue weighted by Gasteiger charge is -2.15. The Morgan fingerprint density at radius 1 is 1.56 bits per heavy atom. The second-order valence-electron chi connectivity index (χ2n) is 4.03. The van der Waals surface area contributed by atoms with Gasteiger partial charge in [-0.15, -0.1) is 0 Å². The van der Waals surface area contributed by atoms with E-state index in [1.54, 1.807) is 20.8 Å². The van der Waals surface area contributed by atoms with E-state index < -0.39 is 5.97 Å². The molecular weight excluding hydrogens is 275 g/mol. The Hall–Kier alpha value is -0.900. The van der Waals surface area contributed by atoms with Crippen molar-refractivity contribution in [3.63, 3.8) is 0 Å². The van der Waals surface area contributed by atoms with Gasteiger partial charge in [0.2, 0.25) is 0 Å². The van der Waals surface area contributed by atoms with Crippen molar-refractivity contribution in [3.8, 4) is 0 Å². The first-order chi connectivity index (χ1) is 7.34. The van der Waals surface area contributed by atoms with Crippen molar-refractivity contribution in [3.05, 3.63) is 33.0 Å². The molecule has 0 fully saturated rings. The molecule has 1 aromatic carbocycles. The van der Waals surface area contributed by atoms with Crippen LogP contribution in [0.15, 0.2) is 10.5 Å². The monoisotopic (exact) mass is 288 g/mol. The van der Waals surface area contributed by atoms with E-state index in [9.17, 15) is 9.18 Å². The molecule has 0 saturated heterocycles. The highest BCUT2D eigenvalue weighted by molar-refractivity contribution is 9.10. The summed E-state index contributed by atoms with van der Waals surface area (Å²) in [6.45, 7) is 5.26. The van der Waals surface area contributed by atoms with E-state index in [1.807, 2.05) is 6.07 Å². The first-order valence-corrected chi connectivity index (χ1v) is 5.80. The van der Waals surface area contributed by atoms with Gasteiger partial charge in [-0.1, -0.05) is 13.0 Å². The van der Waals surface area contributed by atoms with E-state index in [0.717, 1.165) is 11.1 Å². The number of carboxylic acids is 1. The van der Waals surface area contributed by atoms with Gasteiger partial charge in [0.25, 0.3) is 0 Å². The summed E-state index contributed by atoms with van der Waals surface area (Å²) >= 11 is 3.17. The van der Waals surface area contributed by atoms with E-state index in [4.69, 9.17) is 5.11 Å². The zero-order valence-corrected chi connectivity index (χ0v) is 11.1. The summed E-state index contributed by atoms with van der Waals surface area (Å²) in [5.74, 6) is -1.35. The summed E-state index contributed by atoms with van der Waals surface area (Å²) in [5, 5.41) is 8.73. The van der Waals surface area contributed by atoms with E-state index in [0.29, 0.717) is 10.0 Å². The number of halogens is 2. The average molecular weight is 289 g/mol. The maximum atomic E-state index is 13.8. The van der Waals surface area contributed by atoms with E-state index in [-0.39, 0.29) is 18.2 Å². The molecule has 0 amide bonds. The third kappa shape index (κ3) is 2.61. The first kappa shape index (κ1) is 13.2. The van der Waals surface area contributed by atoms with Crippen molar-refractivity contribution >= 4 is 21.9 Å². The van der Waals surface area contributed by atoms with Crippen molar-refractivity contribution in [1.82, 2.24) is 0 Å². The fourth-order valence-electron chi connectivity index (χ4n) is 1.75. The minimum absolute atomic E-state index is 0.0152. The second kappa shape index (κ2) is 4.95. The summed E-state index contributed by atoms with van der Waals surface area (Å²) in [6, 6.07) is 1.84. The van der Waals surface area contributed by atoms with Crippen LogP contribution in [0.25, 0.3) is 0 Å². The van der Waals surface area contributed by atoms with Crippen molar-refractivity contribution in [2.75, 3.05) is 0 Å². The van der Waals surface area contributed by atoms with Crippen molar-refractivity contribution in [2.45, 2.75) is 33.1 Å². The molecule has 0 saturated carbocycles. The third-order valence-corrected chi connectivity index (χ3v) is 3.66. The quantitative estimate of drug-likeness (QED) is 0.919. The van der Waals surface area contributed by atoms with Crippen LogP contribution in [0, 0.1) is 19.7 Å². The summed E-state index contributed by atoms with van der Waals surface area (Å²) in [5.41, 5.74) is 2.07. The lowest BCUT2D eigenvalue weighted by Crippen LogP contribution is -2.06. The topological polar surface area (TPSA) is 37.3 Å². The normalized spacial score (nSPS) is 12.6. The molecule has 1 unspecified atom stereocenters. The lowest BCUT2D eigenvalue weighted by molar-refractivity contribution is -0.137. The summed E-state index contributed by atoms with van der Waals surface area (Å²) in [4.78, 5) is 10.6. The van der Waals surface area contributed by atoms with Gasteiger partial charge in [-0.05, 0) is 52.4 Å². The highest BCUT2D eigenvalue weighted by atomic mass is 79.9. The molecule has 0 spiro atoms. The van der Waals surface area contributed by atoms with Crippen LogP contribution in [0.2, 0.25) is 0 Å². The molecular formula is C12H14BrFO2. The van der Waals surface area contributed by atoms with E-state index >= 15 is 0 Å². The molecule has 0 aliphatic heterocycles. The number of rotatable bonds is 3. The molecule has 16 heavy (non-hydrogen) atoms. The van der Waals surface area contributed by atoms with Gasteiger partial charge >= 0.3 is 5.97 Å². The number of hydrogen-bond acceptors (Lipinski definition) is 1. The minimum Gasteiger partial charge on any atom is -0.481 e. The summed E-state index contributed by atoms with van der Waals surface area (Å²) in [7, 11) is 0. The number of carbonyl (C=O) groups is 1. The second-order valence-corrected chi connectivity index (χ2v) is 4.83. The standard InChI is InChI=1S/C12H14BrFO2/c1-6(5-10(15)16)9-4-7(2)11(13)12(14)8(9)3/h4,6H,5H2,1-3H3,(H,15,16). The molecule has 0 radical (unpaired) electrons. The molecule has 0 bridgehead atoms. The number of aryl methyl sites for hydroxylation is 1. The van der Waals surface area contributed by atoms with Crippen LogP contribution in [-0.4, -0.2) is 11.1 Å². The van der Waals surface area contributed by atoms with Crippen LogP contribution < -0.4 is 0 Å². The van der Waals surface area contributed by atoms with Gasteiger partial charge in [0, 0.05) is 0 Å². The zero-order chi connectivity index (χ0) is 12.5. The van der Waals surface area contributed by atoms with Crippen LogP contribution in [0.5, 0.6) is 0 Å². The van der Waals surface area contributed by atoms with Crippen molar-refractivity contribution in [1.29, 1.82) is 0 Å². The van der Waals surface area contributed by atoms with Gasteiger partial charge in [0.15, 0.2) is 0 Å². The highest BCUT2D eigenvalue weighted by Crippen LogP contribution is 2.31. The van der Waals surface area contributed by atoms with E-state index in [1.165, 1.54) is 0 Å². The van der Waals surface area contributed by atoms with Gasteiger partial charge < -0.3 is 5.11 Å². The number of hydrogen-bond donors (Lipinski definition) is 1. The third-order valence-electron chi connectivity index (χ3n) is 2.68. The smallest absolute Gasteiger partial charge is 0.303 e. The van der Waals surface area contributed by atoms with Crippen LogP contribution in [0.1, 0.15) is 36.0 Å². The van der Waals surface area contributed by atoms with Gasteiger partial charge in [-0.3, -0.25) is 4.79 Å². The summed E-state index contributed by atoms with van der Waals surface area (Å²) in [6.07, 6.45) is 0.0152. The predicted octanol–water partition coefficient (Wildman–Crippen LogP) is 3.78. The Kier molecular flexibility index (Phi) is 4.08. The van der Waals surface area contributed by atoms with Gasteiger partial charge in [0.05, 0.1) is 10.9 Å². The highest BCUT2D eigenvalue weighted by Gasteiger charge is 2.17. The lowest BCUT2D eigenvalue weighted by atomic mass is 9.92. The van der Waals surface area contributed by atoms with Crippen LogP contribution >= 0.6 is 15.9 Å². The minimum atomic E-state index is -0.868. The van der Waals surface area contributed by atoms with Crippen LogP contribution in [-0.2, 0) is 4.79 Å². The maximum absolute atomic E-state index is 13.8. The fraction of sp³-hybridized carbons (Fsp3) is 0.417. The molecule has 0 aliphatic rings. The first-order valence-electron chi connectivity index (χ1n) is 5.01. The molecule has 1 N–H and O–H groups in total. The molecule has 4 heteroatoms. The largest absolute Gasteiger partial charge is 0.481 e. The van der Waals surface area contributed by atoms with Crippen molar-refractivity contribution < 1.29 is 14.3 Å². The molecule has 88 valence electrons. The number of aliphatic carboxylic acids is 1. The molecule has 1 aromatic rings. The average Bonchev–Trinajstić information content (AvgIpc) is 2.19.